The zero-order valence-corrected chi connectivity index (χ0v) is 40.3. The van der Waals surface area contributed by atoms with Crippen LogP contribution in [0.15, 0.2) is 0 Å². The summed E-state index contributed by atoms with van der Waals surface area (Å²) in [4.78, 5) is 0. The van der Waals surface area contributed by atoms with Crippen molar-refractivity contribution in [2.24, 2.45) is 0 Å². The Kier molecular flexibility index (Phi) is 20.8. The summed E-state index contributed by atoms with van der Waals surface area (Å²) in [6, 6.07) is 0. The molecule has 35 heteroatoms. The average Bonchev–Trinajstić information content (AvgIpc) is 3.47. The van der Waals surface area contributed by atoms with E-state index in [-0.39, 0.29) is 0 Å². The monoisotopic (exact) mass is 1130 g/mol. The highest BCUT2D eigenvalue weighted by Crippen LogP contribution is 2.39. The minimum absolute atomic E-state index is 1.05. The van der Waals surface area contributed by atoms with E-state index in [0.29, 0.717) is 0 Å². The van der Waals surface area contributed by atoms with Gasteiger partial charge in [-0.2, -0.15) is 0 Å². The smallest absolute Gasteiger partial charge is 0.187 e. The van der Waals surface area contributed by atoms with E-state index < -0.39 is 261 Å². The first-order chi connectivity index (χ1) is 36.7. The molecule has 35 atom stereocenters. The van der Waals surface area contributed by atoms with Gasteiger partial charge >= 0.3 is 0 Å². The zero-order valence-electron chi connectivity index (χ0n) is 40.3. The third kappa shape index (κ3) is 12.1. The van der Waals surface area contributed by atoms with Crippen molar-refractivity contribution >= 4 is 0 Å². The predicted octanol–water partition coefficient (Wildman–Crippen LogP) is -15.2. The molecule has 21 saturated heterocycles. The molecule has 14 bridgehead atoms. The molecule has 448 valence electrons. The molecule has 35 nitrogen and oxygen atoms in total. The predicted molar refractivity (Wildman–Crippen MR) is 228 cm³/mol. The van der Waals surface area contributed by atoms with Gasteiger partial charge in [-0.3, -0.25) is 0 Å². The zero-order chi connectivity index (χ0) is 56.1. The Morgan fingerprint density at radius 2 is 0.260 bits per heavy atom. The first kappa shape index (κ1) is 61.7. The minimum atomic E-state index is -2.21. The molecule has 0 aromatic carbocycles. The van der Waals surface area contributed by atoms with Crippen LogP contribution in [0.4, 0.5) is 0 Å². The first-order valence-electron chi connectivity index (χ1n) is 24.6. The summed E-state index contributed by atoms with van der Waals surface area (Å²) in [5.41, 5.74) is 0. The summed E-state index contributed by atoms with van der Waals surface area (Å²) in [6.45, 7) is -7.33. The van der Waals surface area contributed by atoms with Crippen molar-refractivity contribution in [1.82, 2.24) is 0 Å². The fraction of sp³-hybridized carbons (Fsp3) is 1.00. The van der Waals surface area contributed by atoms with Gasteiger partial charge in [-0.15, -0.1) is 0 Å². The summed E-state index contributed by atoms with van der Waals surface area (Å²) >= 11 is 0. The van der Waals surface area contributed by atoms with E-state index in [9.17, 15) is 107 Å². The maximum absolute atomic E-state index is 11.3. The fourth-order valence-corrected chi connectivity index (χ4v) is 10.4. The molecule has 0 aromatic rings. The summed E-state index contributed by atoms with van der Waals surface area (Å²) in [7, 11) is 0. The van der Waals surface area contributed by atoms with Crippen LogP contribution in [0.5, 0.6) is 0 Å². The van der Waals surface area contributed by atoms with Gasteiger partial charge in [-0.1, -0.05) is 0 Å². The van der Waals surface area contributed by atoms with Gasteiger partial charge in [-0.25, -0.2) is 0 Å². The van der Waals surface area contributed by atoms with Gasteiger partial charge in [0.05, 0.1) is 46.2 Å². The van der Waals surface area contributed by atoms with Crippen LogP contribution in [0.2, 0.25) is 0 Å². The van der Waals surface area contributed by atoms with Crippen molar-refractivity contribution in [2.75, 3.05) is 46.2 Å². The van der Waals surface area contributed by atoms with Crippen molar-refractivity contribution in [3.63, 3.8) is 0 Å². The topological polar surface area (TPSA) is 554 Å². The van der Waals surface area contributed by atoms with Crippen LogP contribution in [0, 0.1) is 0 Å². The summed E-state index contributed by atoms with van der Waals surface area (Å²) < 4.78 is 79.5. The third-order valence-corrected chi connectivity index (χ3v) is 14.8. The van der Waals surface area contributed by atoms with Gasteiger partial charge in [-0.05, 0) is 0 Å². The maximum Gasteiger partial charge on any atom is 0.187 e. The lowest BCUT2D eigenvalue weighted by Crippen LogP contribution is -2.68. The van der Waals surface area contributed by atoms with E-state index in [0.717, 1.165) is 0 Å². The van der Waals surface area contributed by atoms with Crippen LogP contribution in [-0.2, 0) is 66.3 Å². The highest BCUT2D eigenvalue weighted by Gasteiger charge is 2.59. The quantitative estimate of drug-likeness (QED) is 0.113. The third-order valence-electron chi connectivity index (χ3n) is 14.8. The van der Waals surface area contributed by atoms with Gasteiger partial charge in [0.15, 0.2) is 44.0 Å². The normalized spacial score (nSPS) is 55.4. The van der Waals surface area contributed by atoms with E-state index in [4.69, 9.17) is 66.3 Å². The summed E-state index contributed by atoms with van der Waals surface area (Å²) in [5, 5.41) is 230. The Labute approximate surface area is 434 Å². The number of aliphatic hydroxyl groups excluding tert-OH is 21. The van der Waals surface area contributed by atoms with E-state index in [1.807, 2.05) is 0 Å². The Hall–Kier alpha value is -1.40. The van der Waals surface area contributed by atoms with Crippen molar-refractivity contribution in [3.05, 3.63) is 0 Å². The second-order valence-corrected chi connectivity index (χ2v) is 19.7. The lowest BCUT2D eigenvalue weighted by atomic mass is 9.95. The van der Waals surface area contributed by atoms with Crippen LogP contribution in [0.1, 0.15) is 0 Å². The van der Waals surface area contributed by atoms with Gasteiger partial charge in [0, 0.05) is 0 Å². The number of hydrogen-bond donors (Lipinski definition) is 21. The second kappa shape index (κ2) is 26.0. The molecule has 0 radical (unpaired) electrons. The van der Waals surface area contributed by atoms with Gasteiger partial charge in [0.25, 0.3) is 0 Å². The molecule has 0 saturated carbocycles. The molecule has 21 aliphatic rings. The van der Waals surface area contributed by atoms with Crippen molar-refractivity contribution in [3.8, 4) is 0 Å². The molecular weight excluding hydrogens is 1060 g/mol. The SMILES string of the molecule is OCC1O[C@@H]2O[C@@H]3C(CO)O[C@H](O[C@@H]4C(CO)O[C@@H](O[C@@H]5C(CO)O[C@@H](O[C@@H]6C(CO)O[C@@H](O[C@@H]7C(CO)O[C@H](O[C@@H]8C(CO)O[C@H](O[C@H]1[C@H](O)C2O)C(O)[C@H]8O)C(O)[C@H]7O)C(O)[C@H]6O)C(O)[C@H]5O)C(O)[C@H]4O)C(O)[C@H]3O. The number of aliphatic hydroxyl groups is 21. The summed E-state index contributed by atoms with van der Waals surface area (Å²) in [5.74, 6) is 0. The number of hydrogen-bond acceptors (Lipinski definition) is 35. The standard InChI is InChI=1S/C42H70O35/c43-1-8-29-15(50)22(57)36(64-8)72-30-9(2-44)66-38(24(59)17(30)52)74-32-11(4-46)68-40(26(61)19(32)54)76-34-13(6-48)70-42(28(63)21(34)56)77-35-14(7-49)69-41(27(62)20(35)55)75-33-12(5-47)67-39(25(60)18(33)53)73-31-10(3-45)65-37(71-29)23(58)16(31)51/h8-63H,1-7H2/t8?,9?,10?,11?,12?,13?,14?,15-,16-,17-,18-,19-,20-,21-,22?,23?,24?,25?,26?,27?,28?,29-,30-,31-,32-,33-,34-,35-,36-,37-,38-,39-,40+,41+,42+/m1/s1. The van der Waals surface area contributed by atoms with E-state index >= 15 is 0 Å². The first-order valence-corrected chi connectivity index (χ1v) is 24.6. The van der Waals surface area contributed by atoms with Crippen LogP contribution in [-0.4, -0.2) is 368 Å². The van der Waals surface area contributed by atoms with E-state index in [1.54, 1.807) is 0 Å². The van der Waals surface area contributed by atoms with Crippen LogP contribution in [0.3, 0.4) is 0 Å². The molecule has 0 aliphatic carbocycles. The molecule has 21 aliphatic heterocycles. The number of ether oxygens (including phenoxy) is 14. The van der Waals surface area contributed by atoms with Gasteiger partial charge < -0.3 is 174 Å². The minimum Gasteiger partial charge on any atom is -0.394 e. The van der Waals surface area contributed by atoms with Gasteiger partial charge in [0.1, 0.15) is 171 Å². The van der Waals surface area contributed by atoms with E-state index in [2.05, 4.69) is 0 Å². The van der Waals surface area contributed by atoms with Crippen molar-refractivity contribution in [1.29, 1.82) is 0 Å². The molecule has 0 aromatic heterocycles. The van der Waals surface area contributed by atoms with Gasteiger partial charge in [0.2, 0.25) is 0 Å². The molecule has 21 N–H and O–H groups in total. The molecule has 77 heavy (non-hydrogen) atoms. The number of rotatable bonds is 7. The van der Waals surface area contributed by atoms with Crippen LogP contribution < -0.4 is 0 Å². The van der Waals surface area contributed by atoms with Crippen LogP contribution >= 0.6 is 0 Å². The Balaban J connectivity index is 1.08. The Morgan fingerprint density at radius 1 is 0.156 bits per heavy atom. The maximum atomic E-state index is 11.3. The fourth-order valence-electron chi connectivity index (χ4n) is 10.4. The average molecular weight is 1130 g/mol. The second-order valence-electron chi connectivity index (χ2n) is 19.7. The molecule has 0 amide bonds. The molecule has 0 spiro atoms. The molecular formula is C42H70O35. The largest absolute Gasteiger partial charge is 0.394 e. The lowest BCUT2D eigenvalue weighted by Gasteiger charge is -2.50. The summed E-state index contributed by atoms with van der Waals surface area (Å²) in [6.07, 6.45) is -70.2. The van der Waals surface area contributed by atoms with Crippen molar-refractivity contribution in [2.45, 2.75) is 215 Å². The molecule has 21 fully saturated rings. The molecule has 21 rings (SSSR count). The van der Waals surface area contributed by atoms with Crippen LogP contribution in [0.25, 0.3) is 0 Å². The molecule has 14 unspecified atom stereocenters. The van der Waals surface area contributed by atoms with E-state index in [1.165, 1.54) is 0 Å². The van der Waals surface area contributed by atoms with Crippen molar-refractivity contribution < 1.29 is 174 Å². The highest BCUT2D eigenvalue weighted by molar-refractivity contribution is 5.01. The molecule has 21 heterocycles. The lowest BCUT2D eigenvalue weighted by molar-refractivity contribution is -0.396. The highest BCUT2D eigenvalue weighted by atomic mass is 16.8. The Bertz CT molecular complexity index is 1470. The Morgan fingerprint density at radius 3 is 0.351 bits per heavy atom.